The summed E-state index contributed by atoms with van der Waals surface area (Å²) in [5.74, 6) is 1.07. The summed E-state index contributed by atoms with van der Waals surface area (Å²) in [5.41, 5.74) is 0.955. The van der Waals surface area contributed by atoms with Gasteiger partial charge in [0.05, 0.1) is 6.04 Å². The average molecular weight is 294 g/mol. The molecule has 1 aromatic carbocycles. The lowest BCUT2D eigenvalue weighted by Gasteiger charge is -2.12. The van der Waals surface area contributed by atoms with Gasteiger partial charge in [-0.3, -0.25) is 4.79 Å². The first-order valence-corrected chi connectivity index (χ1v) is 6.61. The van der Waals surface area contributed by atoms with E-state index in [1.165, 1.54) is 0 Å². The van der Waals surface area contributed by atoms with Gasteiger partial charge in [0.25, 0.3) is 5.91 Å². The van der Waals surface area contributed by atoms with E-state index in [4.69, 9.17) is 16.3 Å². The van der Waals surface area contributed by atoms with Crippen molar-refractivity contribution in [2.45, 2.75) is 19.9 Å². The standard InChI is InChI=1S/C14H16ClN3O2/c1-9-7-16-14(17-9)10(2)18-13(19)8-20-12-5-3-4-11(15)6-12/h3-7,10H,8H2,1-2H3,(H,16,17)(H,18,19)/t10-/m0/s1. The molecular formula is C14H16ClN3O2. The second kappa shape index (κ2) is 6.43. The number of hydrogen-bond donors (Lipinski definition) is 2. The van der Waals surface area contributed by atoms with Gasteiger partial charge in [-0.15, -0.1) is 0 Å². The summed E-state index contributed by atoms with van der Waals surface area (Å²) in [6.07, 6.45) is 1.72. The third-order valence-electron chi connectivity index (χ3n) is 2.68. The Morgan fingerprint density at radius 3 is 3.00 bits per heavy atom. The number of ether oxygens (including phenoxy) is 1. The molecule has 1 atom stereocenters. The van der Waals surface area contributed by atoms with Gasteiger partial charge in [-0.1, -0.05) is 17.7 Å². The fourth-order valence-corrected chi connectivity index (χ4v) is 1.89. The molecule has 1 amide bonds. The monoisotopic (exact) mass is 293 g/mol. The minimum Gasteiger partial charge on any atom is -0.484 e. The summed E-state index contributed by atoms with van der Waals surface area (Å²) in [6, 6.07) is 6.73. The van der Waals surface area contributed by atoms with Gasteiger partial charge >= 0.3 is 0 Å². The zero-order valence-corrected chi connectivity index (χ0v) is 12.1. The Bertz CT molecular complexity index is 598. The van der Waals surface area contributed by atoms with Crippen LogP contribution in [0, 0.1) is 6.92 Å². The summed E-state index contributed by atoms with van der Waals surface area (Å²) < 4.78 is 5.36. The summed E-state index contributed by atoms with van der Waals surface area (Å²) >= 11 is 5.83. The quantitative estimate of drug-likeness (QED) is 0.890. The Morgan fingerprint density at radius 2 is 2.35 bits per heavy atom. The molecule has 0 saturated heterocycles. The van der Waals surface area contributed by atoms with E-state index in [0.717, 1.165) is 11.5 Å². The minimum absolute atomic E-state index is 0.0651. The number of hydrogen-bond acceptors (Lipinski definition) is 3. The lowest BCUT2D eigenvalue weighted by Crippen LogP contribution is -2.31. The van der Waals surface area contributed by atoms with Crippen LogP contribution in [0.25, 0.3) is 0 Å². The molecule has 5 nitrogen and oxygen atoms in total. The Morgan fingerprint density at radius 1 is 1.55 bits per heavy atom. The molecule has 2 aromatic rings. The number of aromatic amines is 1. The minimum atomic E-state index is -0.216. The Hall–Kier alpha value is -2.01. The van der Waals surface area contributed by atoms with E-state index in [1.807, 2.05) is 13.8 Å². The Balaban J connectivity index is 1.83. The van der Waals surface area contributed by atoms with Crippen molar-refractivity contribution in [3.05, 3.63) is 47.0 Å². The molecule has 106 valence electrons. The number of nitrogens with zero attached hydrogens (tertiary/aromatic N) is 1. The van der Waals surface area contributed by atoms with Crippen molar-refractivity contribution in [1.82, 2.24) is 15.3 Å². The van der Waals surface area contributed by atoms with Gasteiger partial charge in [-0.05, 0) is 32.0 Å². The molecule has 0 aliphatic carbocycles. The SMILES string of the molecule is Cc1cnc([C@H](C)NC(=O)COc2cccc(Cl)c2)[nH]1. The fraction of sp³-hybridized carbons (Fsp3) is 0.286. The molecule has 1 aromatic heterocycles. The van der Waals surface area contributed by atoms with Crippen LogP contribution in [0.1, 0.15) is 24.5 Å². The molecule has 0 spiro atoms. The van der Waals surface area contributed by atoms with Crippen molar-refractivity contribution < 1.29 is 9.53 Å². The topological polar surface area (TPSA) is 67.0 Å². The molecule has 0 radical (unpaired) electrons. The Labute approximate surface area is 122 Å². The maximum atomic E-state index is 11.8. The highest BCUT2D eigenvalue weighted by Gasteiger charge is 2.12. The van der Waals surface area contributed by atoms with Crippen molar-refractivity contribution in [3.8, 4) is 5.75 Å². The molecule has 6 heteroatoms. The molecule has 0 bridgehead atoms. The maximum absolute atomic E-state index is 11.8. The zero-order chi connectivity index (χ0) is 14.5. The van der Waals surface area contributed by atoms with Gasteiger partial charge < -0.3 is 15.0 Å². The predicted molar refractivity (Wildman–Crippen MR) is 76.8 cm³/mol. The van der Waals surface area contributed by atoms with Gasteiger partial charge in [-0.25, -0.2) is 4.98 Å². The van der Waals surface area contributed by atoms with Gasteiger partial charge in [0.1, 0.15) is 11.6 Å². The first kappa shape index (κ1) is 14.4. The smallest absolute Gasteiger partial charge is 0.258 e. The van der Waals surface area contributed by atoms with Crippen molar-refractivity contribution in [2.75, 3.05) is 6.61 Å². The van der Waals surface area contributed by atoms with Crippen LogP contribution in [0.15, 0.2) is 30.5 Å². The molecule has 0 aliphatic heterocycles. The van der Waals surface area contributed by atoms with E-state index in [1.54, 1.807) is 30.5 Å². The Kier molecular flexibility index (Phi) is 4.63. The first-order chi connectivity index (χ1) is 9.54. The van der Waals surface area contributed by atoms with E-state index >= 15 is 0 Å². The lowest BCUT2D eigenvalue weighted by molar-refractivity contribution is -0.123. The summed E-state index contributed by atoms with van der Waals surface area (Å²) in [5, 5.41) is 3.38. The van der Waals surface area contributed by atoms with Gasteiger partial charge in [-0.2, -0.15) is 0 Å². The zero-order valence-electron chi connectivity index (χ0n) is 11.3. The predicted octanol–water partition coefficient (Wildman–Crippen LogP) is 2.63. The molecule has 2 rings (SSSR count). The van der Waals surface area contributed by atoms with E-state index < -0.39 is 0 Å². The van der Waals surface area contributed by atoms with Gasteiger partial charge in [0.15, 0.2) is 6.61 Å². The molecule has 20 heavy (non-hydrogen) atoms. The van der Waals surface area contributed by atoms with E-state index in [0.29, 0.717) is 10.8 Å². The van der Waals surface area contributed by atoms with Gasteiger partial charge in [0, 0.05) is 16.9 Å². The maximum Gasteiger partial charge on any atom is 0.258 e. The van der Waals surface area contributed by atoms with E-state index in [2.05, 4.69) is 15.3 Å². The number of benzene rings is 1. The van der Waals surface area contributed by atoms with Crippen LogP contribution in [0.3, 0.4) is 0 Å². The summed E-state index contributed by atoms with van der Waals surface area (Å²) in [6.45, 7) is 3.70. The normalized spacial score (nSPS) is 11.9. The van der Waals surface area contributed by atoms with Crippen molar-refractivity contribution in [3.63, 3.8) is 0 Å². The molecule has 0 fully saturated rings. The second-order valence-electron chi connectivity index (χ2n) is 4.49. The molecule has 0 aliphatic rings. The van der Waals surface area contributed by atoms with Crippen molar-refractivity contribution in [1.29, 1.82) is 0 Å². The van der Waals surface area contributed by atoms with Crippen LogP contribution in [-0.4, -0.2) is 22.5 Å². The fourth-order valence-electron chi connectivity index (χ4n) is 1.71. The number of imidazole rings is 1. The van der Waals surface area contributed by atoms with Crippen LogP contribution in [-0.2, 0) is 4.79 Å². The number of aromatic nitrogens is 2. The molecule has 0 saturated carbocycles. The van der Waals surface area contributed by atoms with Crippen molar-refractivity contribution in [2.24, 2.45) is 0 Å². The second-order valence-corrected chi connectivity index (χ2v) is 4.92. The molecule has 0 unspecified atom stereocenters. The first-order valence-electron chi connectivity index (χ1n) is 6.24. The van der Waals surface area contributed by atoms with Crippen LogP contribution in [0.2, 0.25) is 5.02 Å². The molecule has 1 heterocycles. The van der Waals surface area contributed by atoms with Gasteiger partial charge in [0.2, 0.25) is 0 Å². The number of H-pyrrole nitrogens is 1. The highest BCUT2D eigenvalue weighted by molar-refractivity contribution is 6.30. The number of halogens is 1. The number of carbonyl (C=O) groups excluding carboxylic acids is 1. The highest BCUT2D eigenvalue weighted by atomic mass is 35.5. The number of amides is 1. The van der Waals surface area contributed by atoms with E-state index in [-0.39, 0.29) is 18.6 Å². The highest BCUT2D eigenvalue weighted by Crippen LogP contribution is 2.17. The number of rotatable bonds is 5. The average Bonchev–Trinajstić information content (AvgIpc) is 2.83. The van der Waals surface area contributed by atoms with E-state index in [9.17, 15) is 4.79 Å². The third-order valence-corrected chi connectivity index (χ3v) is 2.91. The van der Waals surface area contributed by atoms with Crippen molar-refractivity contribution >= 4 is 17.5 Å². The number of aryl methyl sites for hydroxylation is 1. The molecule has 2 N–H and O–H groups in total. The number of carbonyl (C=O) groups is 1. The summed E-state index contributed by atoms with van der Waals surface area (Å²) in [4.78, 5) is 19.0. The summed E-state index contributed by atoms with van der Waals surface area (Å²) in [7, 11) is 0. The van der Waals surface area contributed by atoms with Crippen LogP contribution < -0.4 is 10.1 Å². The van der Waals surface area contributed by atoms with Crippen LogP contribution in [0.4, 0.5) is 0 Å². The molecular weight excluding hydrogens is 278 g/mol. The lowest BCUT2D eigenvalue weighted by atomic mass is 10.3. The van der Waals surface area contributed by atoms with Crippen LogP contribution >= 0.6 is 11.6 Å². The number of nitrogens with one attached hydrogen (secondary N) is 2. The van der Waals surface area contributed by atoms with Crippen LogP contribution in [0.5, 0.6) is 5.75 Å². The third kappa shape index (κ3) is 3.99. The largest absolute Gasteiger partial charge is 0.484 e.